The summed E-state index contributed by atoms with van der Waals surface area (Å²) < 4.78 is 0. The van der Waals surface area contributed by atoms with E-state index in [0.717, 1.165) is 51.4 Å². The zero-order valence-electron chi connectivity index (χ0n) is 18.2. The van der Waals surface area contributed by atoms with Crippen LogP contribution >= 0.6 is 0 Å². The van der Waals surface area contributed by atoms with Crippen molar-refractivity contribution in [3.63, 3.8) is 0 Å². The maximum absolute atomic E-state index is 12.7. The van der Waals surface area contributed by atoms with Gasteiger partial charge in [-0.15, -0.1) is 0 Å². The molecule has 2 aromatic carbocycles. The standard InChI is InChI=1S/C25H35N3O/c1-4-25(29)28(24-12-8-9-21(2)19-24)22(3)20-27-17-15-26(16-18-27)14-13-23-10-6-5-7-11-23/h5-12,19,22H,4,13-18,20H2,1-3H3. The number of amides is 1. The molecule has 156 valence electrons. The average Bonchev–Trinajstić information content (AvgIpc) is 2.74. The zero-order chi connectivity index (χ0) is 20.6. The minimum atomic E-state index is 0.167. The van der Waals surface area contributed by atoms with Crippen molar-refractivity contribution < 1.29 is 4.79 Å². The van der Waals surface area contributed by atoms with Gasteiger partial charge >= 0.3 is 0 Å². The molecule has 0 N–H and O–H groups in total. The van der Waals surface area contributed by atoms with Crippen molar-refractivity contribution in [3.05, 3.63) is 65.7 Å². The molecule has 1 saturated heterocycles. The van der Waals surface area contributed by atoms with Crippen LogP contribution in [0.15, 0.2) is 54.6 Å². The Morgan fingerprint density at radius 1 is 1.00 bits per heavy atom. The lowest BCUT2D eigenvalue weighted by Crippen LogP contribution is -2.52. The number of hydrogen-bond acceptors (Lipinski definition) is 3. The van der Waals surface area contributed by atoms with Crippen LogP contribution in [0.3, 0.4) is 0 Å². The molecule has 1 aliphatic heterocycles. The first-order valence-corrected chi connectivity index (χ1v) is 10.9. The molecular formula is C25H35N3O. The Kier molecular flexibility index (Phi) is 7.84. The molecule has 4 heteroatoms. The number of hydrogen-bond donors (Lipinski definition) is 0. The number of aryl methyl sites for hydroxylation is 1. The van der Waals surface area contributed by atoms with Gasteiger partial charge in [-0.2, -0.15) is 0 Å². The lowest BCUT2D eigenvalue weighted by atomic mass is 10.1. The van der Waals surface area contributed by atoms with Gasteiger partial charge < -0.3 is 9.80 Å². The van der Waals surface area contributed by atoms with Crippen LogP contribution in [0.2, 0.25) is 0 Å². The van der Waals surface area contributed by atoms with Gasteiger partial charge in [0.15, 0.2) is 0 Å². The van der Waals surface area contributed by atoms with E-state index in [0.29, 0.717) is 6.42 Å². The van der Waals surface area contributed by atoms with Crippen LogP contribution in [-0.2, 0) is 11.2 Å². The van der Waals surface area contributed by atoms with Crippen LogP contribution in [0.5, 0.6) is 0 Å². The molecule has 2 aromatic rings. The van der Waals surface area contributed by atoms with Gasteiger partial charge in [0.2, 0.25) is 5.91 Å². The van der Waals surface area contributed by atoms with E-state index >= 15 is 0 Å². The van der Waals surface area contributed by atoms with Gasteiger partial charge in [0, 0.05) is 57.4 Å². The van der Waals surface area contributed by atoms with Crippen molar-refractivity contribution in [3.8, 4) is 0 Å². The van der Waals surface area contributed by atoms with E-state index in [2.05, 4.69) is 72.2 Å². The van der Waals surface area contributed by atoms with E-state index in [4.69, 9.17) is 0 Å². The maximum Gasteiger partial charge on any atom is 0.226 e. The van der Waals surface area contributed by atoms with E-state index in [1.807, 2.05) is 17.9 Å². The van der Waals surface area contributed by atoms with Gasteiger partial charge in [0.1, 0.15) is 0 Å². The van der Waals surface area contributed by atoms with E-state index in [1.165, 1.54) is 11.1 Å². The van der Waals surface area contributed by atoms with E-state index in [-0.39, 0.29) is 11.9 Å². The largest absolute Gasteiger partial charge is 0.308 e. The summed E-state index contributed by atoms with van der Waals surface area (Å²) in [6.45, 7) is 12.6. The van der Waals surface area contributed by atoms with Gasteiger partial charge in [0.25, 0.3) is 0 Å². The molecule has 1 heterocycles. The van der Waals surface area contributed by atoms with Crippen molar-refractivity contribution in [2.45, 2.75) is 39.7 Å². The fourth-order valence-corrected chi connectivity index (χ4v) is 4.18. The Balaban J connectivity index is 1.52. The van der Waals surface area contributed by atoms with Gasteiger partial charge in [0.05, 0.1) is 0 Å². The summed E-state index contributed by atoms with van der Waals surface area (Å²) in [7, 11) is 0. The quantitative estimate of drug-likeness (QED) is 0.679. The minimum absolute atomic E-state index is 0.167. The lowest BCUT2D eigenvalue weighted by molar-refractivity contribution is -0.118. The molecule has 1 fully saturated rings. The molecule has 4 nitrogen and oxygen atoms in total. The molecule has 1 unspecified atom stereocenters. The molecule has 0 saturated carbocycles. The topological polar surface area (TPSA) is 26.8 Å². The van der Waals surface area contributed by atoms with Gasteiger partial charge in [-0.05, 0) is 43.5 Å². The van der Waals surface area contributed by atoms with Crippen LogP contribution in [0.25, 0.3) is 0 Å². The molecule has 1 amide bonds. The van der Waals surface area contributed by atoms with Gasteiger partial charge in [-0.1, -0.05) is 49.4 Å². The summed E-state index contributed by atoms with van der Waals surface area (Å²) in [5, 5.41) is 0. The summed E-state index contributed by atoms with van der Waals surface area (Å²) in [4.78, 5) is 19.7. The number of nitrogens with zero attached hydrogens (tertiary/aromatic N) is 3. The van der Waals surface area contributed by atoms with Crippen LogP contribution in [0, 0.1) is 6.92 Å². The summed E-state index contributed by atoms with van der Waals surface area (Å²) in [5.41, 5.74) is 3.62. The molecule has 3 rings (SSSR count). The first-order chi connectivity index (χ1) is 14.1. The second-order valence-electron chi connectivity index (χ2n) is 8.18. The number of rotatable bonds is 8. The van der Waals surface area contributed by atoms with Crippen molar-refractivity contribution in [1.29, 1.82) is 0 Å². The predicted molar refractivity (Wildman–Crippen MR) is 121 cm³/mol. The Bertz CT molecular complexity index is 769. The normalized spacial score (nSPS) is 16.5. The van der Waals surface area contributed by atoms with E-state index in [9.17, 15) is 4.79 Å². The molecule has 0 radical (unpaired) electrons. The lowest BCUT2D eigenvalue weighted by Gasteiger charge is -2.38. The zero-order valence-corrected chi connectivity index (χ0v) is 18.2. The van der Waals surface area contributed by atoms with Crippen molar-refractivity contribution >= 4 is 11.6 Å². The molecule has 0 bridgehead atoms. The third kappa shape index (κ3) is 6.15. The summed E-state index contributed by atoms with van der Waals surface area (Å²) >= 11 is 0. The molecule has 0 aromatic heterocycles. The number of anilines is 1. The molecule has 29 heavy (non-hydrogen) atoms. The Morgan fingerprint density at radius 3 is 2.34 bits per heavy atom. The highest BCUT2D eigenvalue weighted by molar-refractivity contribution is 5.93. The Labute approximate surface area is 176 Å². The highest BCUT2D eigenvalue weighted by Gasteiger charge is 2.25. The summed E-state index contributed by atoms with van der Waals surface area (Å²) in [6, 6.07) is 19.2. The van der Waals surface area contributed by atoms with Crippen molar-refractivity contribution in [2.24, 2.45) is 0 Å². The van der Waals surface area contributed by atoms with Crippen LogP contribution in [0.4, 0.5) is 5.69 Å². The summed E-state index contributed by atoms with van der Waals surface area (Å²) in [6.07, 6.45) is 1.65. The Morgan fingerprint density at radius 2 is 1.69 bits per heavy atom. The third-order valence-electron chi connectivity index (χ3n) is 5.84. The van der Waals surface area contributed by atoms with Crippen LogP contribution < -0.4 is 4.90 Å². The van der Waals surface area contributed by atoms with Gasteiger partial charge in [-0.25, -0.2) is 0 Å². The first-order valence-electron chi connectivity index (χ1n) is 10.9. The predicted octanol–water partition coefficient (Wildman–Crippen LogP) is 3.99. The SMILES string of the molecule is CCC(=O)N(c1cccc(C)c1)C(C)CN1CCN(CCc2ccccc2)CC1. The smallest absolute Gasteiger partial charge is 0.226 e. The fourth-order valence-electron chi connectivity index (χ4n) is 4.18. The fraction of sp³-hybridized carbons (Fsp3) is 0.480. The Hall–Kier alpha value is -2.17. The number of carbonyl (C=O) groups is 1. The minimum Gasteiger partial charge on any atom is -0.308 e. The molecular weight excluding hydrogens is 358 g/mol. The first kappa shape index (κ1) is 21.5. The number of benzene rings is 2. The highest BCUT2D eigenvalue weighted by atomic mass is 16.2. The average molecular weight is 394 g/mol. The molecule has 0 aliphatic carbocycles. The van der Waals surface area contributed by atoms with Crippen LogP contribution in [-0.4, -0.2) is 61.0 Å². The van der Waals surface area contributed by atoms with E-state index < -0.39 is 0 Å². The molecule has 1 atom stereocenters. The summed E-state index contributed by atoms with van der Waals surface area (Å²) in [5.74, 6) is 0.199. The number of carbonyl (C=O) groups excluding carboxylic acids is 1. The second kappa shape index (κ2) is 10.6. The molecule has 0 spiro atoms. The van der Waals surface area contributed by atoms with Crippen molar-refractivity contribution in [1.82, 2.24) is 9.80 Å². The third-order valence-corrected chi connectivity index (χ3v) is 5.84. The van der Waals surface area contributed by atoms with Gasteiger partial charge in [-0.3, -0.25) is 9.69 Å². The number of piperazine rings is 1. The monoisotopic (exact) mass is 393 g/mol. The van der Waals surface area contributed by atoms with E-state index in [1.54, 1.807) is 0 Å². The molecule has 1 aliphatic rings. The maximum atomic E-state index is 12.7. The van der Waals surface area contributed by atoms with Crippen LogP contribution in [0.1, 0.15) is 31.4 Å². The highest BCUT2D eigenvalue weighted by Crippen LogP contribution is 2.21. The second-order valence-corrected chi connectivity index (χ2v) is 8.18. The van der Waals surface area contributed by atoms with Crippen molar-refractivity contribution in [2.75, 3.05) is 44.2 Å².